The van der Waals surface area contributed by atoms with E-state index in [9.17, 15) is 0 Å². The fourth-order valence-corrected chi connectivity index (χ4v) is 2.25. The minimum Gasteiger partial charge on any atom is -0.382 e. The van der Waals surface area contributed by atoms with Gasteiger partial charge in [0.05, 0.1) is 23.9 Å². The molecule has 0 spiro atoms. The highest BCUT2D eigenvalue weighted by atomic mass is 32.1. The number of aryl methyl sites for hydroxylation is 1. The van der Waals surface area contributed by atoms with Crippen molar-refractivity contribution >= 4 is 11.3 Å². The largest absolute Gasteiger partial charge is 0.382 e. The average molecular weight is 272 g/mol. The van der Waals surface area contributed by atoms with Crippen LogP contribution in [-0.4, -0.2) is 38.5 Å². The highest BCUT2D eigenvalue weighted by Gasteiger charge is 1.99. The molecule has 5 heteroatoms. The Morgan fingerprint density at radius 2 is 2.17 bits per heavy atom. The third-order valence-corrected chi connectivity index (χ3v) is 3.57. The normalized spacial score (nSPS) is 11.0. The zero-order valence-corrected chi connectivity index (χ0v) is 12.2. The van der Waals surface area contributed by atoms with Gasteiger partial charge >= 0.3 is 0 Å². The van der Waals surface area contributed by atoms with Crippen molar-refractivity contribution in [1.29, 1.82) is 0 Å². The van der Waals surface area contributed by atoms with Gasteiger partial charge in [0.1, 0.15) is 0 Å². The van der Waals surface area contributed by atoms with E-state index in [-0.39, 0.29) is 0 Å². The molecule has 1 N–H and O–H groups in total. The summed E-state index contributed by atoms with van der Waals surface area (Å²) in [6.45, 7) is 6.24. The molecule has 104 valence electrons. The Bertz CT molecular complexity index is 305. The van der Waals surface area contributed by atoms with Gasteiger partial charge in [-0.05, 0) is 25.8 Å². The summed E-state index contributed by atoms with van der Waals surface area (Å²) in [5.74, 6) is 0. The number of aromatic nitrogens is 1. The number of unbranched alkanes of at least 4 members (excludes halogenated alkanes) is 1. The van der Waals surface area contributed by atoms with Gasteiger partial charge in [0, 0.05) is 25.6 Å². The molecule has 1 heterocycles. The van der Waals surface area contributed by atoms with Crippen LogP contribution in [0.25, 0.3) is 0 Å². The molecule has 0 unspecified atom stereocenters. The van der Waals surface area contributed by atoms with Gasteiger partial charge in [-0.3, -0.25) is 0 Å². The number of nitrogens with zero attached hydrogens (tertiary/aromatic N) is 1. The van der Waals surface area contributed by atoms with Crippen molar-refractivity contribution in [1.82, 2.24) is 10.3 Å². The Hall–Kier alpha value is -0.490. The minimum absolute atomic E-state index is 0.682. The third-order valence-electron chi connectivity index (χ3n) is 2.53. The van der Waals surface area contributed by atoms with Gasteiger partial charge in [-0.15, -0.1) is 11.3 Å². The van der Waals surface area contributed by atoms with E-state index in [1.807, 2.05) is 0 Å². The molecular formula is C13H24N2O2S. The molecule has 0 aromatic carbocycles. The van der Waals surface area contributed by atoms with Crippen molar-refractivity contribution in [3.05, 3.63) is 16.1 Å². The van der Waals surface area contributed by atoms with Crippen molar-refractivity contribution in [2.24, 2.45) is 0 Å². The lowest BCUT2D eigenvalue weighted by molar-refractivity contribution is 0.0688. The van der Waals surface area contributed by atoms with Crippen LogP contribution in [0.1, 0.15) is 30.5 Å². The summed E-state index contributed by atoms with van der Waals surface area (Å²) in [6.07, 6.45) is 3.26. The predicted octanol–water partition coefficient (Wildman–Crippen LogP) is 2.24. The molecule has 0 atom stereocenters. The van der Waals surface area contributed by atoms with Crippen molar-refractivity contribution in [2.45, 2.75) is 32.7 Å². The number of nitrogens with one attached hydrogen (secondary N) is 1. The van der Waals surface area contributed by atoms with Crippen LogP contribution in [0.5, 0.6) is 0 Å². The van der Waals surface area contributed by atoms with Crippen LogP contribution >= 0.6 is 11.3 Å². The zero-order valence-electron chi connectivity index (χ0n) is 11.4. The van der Waals surface area contributed by atoms with Crippen molar-refractivity contribution in [3.8, 4) is 0 Å². The third kappa shape index (κ3) is 7.06. The van der Waals surface area contributed by atoms with Crippen LogP contribution in [0.15, 0.2) is 5.38 Å². The molecular weight excluding hydrogens is 248 g/mol. The molecule has 0 saturated carbocycles. The first-order valence-corrected chi connectivity index (χ1v) is 7.45. The van der Waals surface area contributed by atoms with E-state index in [0.717, 1.165) is 44.7 Å². The Balaban J connectivity index is 1.89. The molecule has 1 aromatic heterocycles. The molecule has 0 radical (unpaired) electrons. The smallest absolute Gasteiger partial charge is 0.0926 e. The van der Waals surface area contributed by atoms with Gasteiger partial charge < -0.3 is 14.8 Å². The van der Waals surface area contributed by atoms with Crippen molar-refractivity contribution < 1.29 is 9.47 Å². The number of thiazole rings is 1. The Labute approximate surface area is 114 Å². The number of hydrogen-bond acceptors (Lipinski definition) is 5. The molecule has 1 aromatic rings. The lowest BCUT2D eigenvalue weighted by atomic mass is 10.3. The average Bonchev–Trinajstić information content (AvgIpc) is 2.85. The Kier molecular flexibility index (Phi) is 9.02. The van der Waals surface area contributed by atoms with Gasteiger partial charge in [0.2, 0.25) is 0 Å². The number of methoxy groups -OCH3 is 1. The van der Waals surface area contributed by atoms with E-state index in [4.69, 9.17) is 9.47 Å². The van der Waals surface area contributed by atoms with E-state index in [1.165, 1.54) is 5.01 Å². The van der Waals surface area contributed by atoms with Crippen molar-refractivity contribution in [2.75, 3.05) is 33.5 Å². The van der Waals surface area contributed by atoms with E-state index < -0.39 is 0 Å². The molecule has 0 aliphatic heterocycles. The van der Waals surface area contributed by atoms with Crippen LogP contribution in [0.3, 0.4) is 0 Å². The Morgan fingerprint density at radius 3 is 2.89 bits per heavy atom. The second kappa shape index (κ2) is 10.4. The zero-order chi connectivity index (χ0) is 13.1. The second-order valence-electron chi connectivity index (χ2n) is 4.08. The van der Waals surface area contributed by atoms with Crippen LogP contribution in [0.2, 0.25) is 0 Å². The molecule has 0 fully saturated rings. The lowest BCUT2D eigenvalue weighted by Crippen LogP contribution is -2.15. The molecule has 0 bridgehead atoms. The minimum atomic E-state index is 0.682. The highest BCUT2D eigenvalue weighted by molar-refractivity contribution is 7.09. The fourth-order valence-electron chi connectivity index (χ4n) is 1.51. The van der Waals surface area contributed by atoms with E-state index in [2.05, 4.69) is 22.6 Å². The van der Waals surface area contributed by atoms with Crippen molar-refractivity contribution in [3.63, 3.8) is 0 Å². The summed E-state index contributed by atoms with van der Waals surface area (Å²) < 4.78 is 10.3. The summed E-state index contributed by atoms with van der Waals surface area (Å²) in [4.78, 5) is 4.51. The first-order valence-electron chi connectivity index (χ1n) is 6.57. The van der Waals surface area contributed by atoms with Crippen LogP contribution in [0, 0.1) is 0 Å². The van der Waals surface area contributed by atoms with E-state index in [0.29, 0.717) is 13.2 Å². The van der Waals surface area contributed by atoms with Gasteiger partial charge in [0.25, 0.3) is 0 Å². The molecule has 0 aliphatic carbocycles. The standard InChI is InChI=1S/C13H24N2O2S/c1-3-13-15-12(11-18-13)10-14-6-4-5-7-17-9-8-16-2/h11,14H,3-10H2,1-2H3. The first kappa shape index (κ1) is 15.6. The summed E-state index contributed by atoms with van der Waals surface area (Å²) in [5.41, 5.74) is 1.16. The van der Waals surface area contributed by atoms with Crippen LogP contribution < -0.4 is 5.32 Å². The molecule has 1 rings (SSSR count). The molecule has 0 aliphatic rings. The lowest BCUT2D eigenvalue weighted by Gasteiger charge is -2.04. The van der Waals surface area contributed by atoms with E-state index in [1.54, 1.807) is 18.4 Å². The van der Waals surface area contributed by atoms with Gasteiger partial charge in [0.15, 0.2) is 0 Å². The number of rotatable bonds is 11. The van der Waals surface area contributed by atoms with Crippen LogP contribution in [-0.2, 0) is 22.4 Å². The molecule has 0 saturated heterocycles. The topological polar surface area (TPSA) is 43.4 Å². The quantitative estimate of drug-likeness (QED) is 0.627. The number of hydrogen-bond donors (Lipinski definition) is 1. The second-order valence-corrected chi connectivity index (χ2v) is 5.02. The Morgan fingerprint density at radius 1 is 1.28 bits per heavy atom. The summed E-state index contributed by atoms with van der Waals surface area (Å²) in [7, 11) is 1.69. The maximum atomic E-state index is 5.39. The molecule has 18 heavy (non-hydrogen) atoms. The van der Waals surface area contributed by atoms with E-state index >= 15 is 0 Å². The van der Waals surface area contributed by atoms with Gasteiger partial charge in [-0.25, -0.2) is 4.98 Å². The fraction of sp³-hybridized carbons (Fsp3) is 0.769. The SMILES string of the molecule is CCc1nc(CNCCCCOCCOC)cs1. The monoisotopic (exact) mass is 272 g/mol. The maximum absolute atomic E-state index is 5.39. The summed E-state index contributed by atoms with van der Waals surface area (Å²) >= 11 is 1.75. The van der Waals surface area contributed by atoms with Crippen LogP contribution in [0.4, 0.5) is 0 Å². The van der Waals surface area contributed by atoms with Gasteiger partial charge in [-0.1, -0.05) is 6.92 Å². The maximum Gasteiger partial charge on any atom is 0.0926 e. The summed E-state index contributed by atoms with van der Waals surface area (Å²) in [5, 5.41) is 6.76. The first-order chi connectivity index (χ1) is 8.86. The number of ether oxygens (including phenoxy) is 2. The molecule has 0 amide bonds. The van der Waals surface area contributed by atoms with Gasteiger partial charge in [-0.2, -0.15) is 0 Å². The predicted molar refractivity (Wildman–Crippen MR) is 75.1 cm³/mol. The highest BCUT2D eigenvalue weighted by Crippen LogP contribution is 2.09. The molecule has 4 nitrogen and oxygen atoms in total. The summed E-state index contributed by atoms with van der Waals surface area (Å²) in [6, 6.07) is 0.